The second kappa shape index (κ2) is 15.4. The molecular formula is C32H39Cl2N5O3S. The van der Waals surface area contributed by atoms with Gasteiger partial charge in [-0.15, -0.1) is 0 Å². The van der Waals surface area contributed by atoms with E-state index in [0.717, 1.165) is 74.4 Å². The predicted molar refractivity (Wildman–Crippen MR) is 176 cm³/mol. The molecule has 0 saturated carbocycles. The van der Waals surface area contributed by atoms with Crippen LogP contribution in [0.3, 0.4) is 0 Å². The summed E-state index contributed by atoms with van der Waals surface area (Å²) in [6, 6.07) is 13.5. The van der Waals surface area contributed by atoms with E-state index >= 15 is 0 Å². The molecule has 4 heterocycles. The number of carboxylic acid groups (broad SMARTS) is 1. The lowest BCUT2D eigenvalue weighted by atomic mass is 9.94. The van der Waals surface area contributed by atoms with Crippen molar-refractivity contribution in [1.29, 1.82) is 0 Å². The SMILES string of the molecule is CSCCC1CCN(Cc2cc(Oc3ccc(N4CCN(CCC(=O)O)CC4)nc3)nc(-c3cc(Cl)cc(Cl)c3)c2)CC1. The molecule has 2 fully saturated rings. The van der Waals surface area contributed by atoms with Crippen molar-refractivity contribution in [2.75, 3.05) is 62.7 Å². The summed E-state index contributed by atoms with van der Waals surface area (Å²) in [7, 11) is 0. The van der Waals surface area contributed by atoms with Crippen LogP contribution in [0.4, 0.5) is 5.82 Å². The summed E-state index contributed by atoms with van der Waals surface area (Å²) in [6.07, 6.45) is 7.86. The average Bonchev–Trinajstić information content (AvgIpc) is 3.00. The van der Waals surface area contributed by atoms with Crippen molar-refractivity contribution in [3.05, 3.63) is 64.3 Å². The molecule has 0 bridgehead atoms. The molecule has 1 N–H and O–H groups in total. The van der Waals surface area contributed by atoms with Crippen molar-refractivity contribution in [2.24, 2.45) is 5.92 Å². The number of carbonyl (C=O) groups is 1. The number of likely N-dealkylation sites (tertiary alicyclic amines) is 1. The zero-order valence-corrected chi connectivity index (χ0v) is 26.9. The van der Waals surface area contributed by atoms with Gasteiger partial charge in [-0.25, -0.2) is 9.97 Å². The zero-order valence-electron chi connectivity index (χ0n) is 24.6. The fraction of sp³-hybridized carbons (Fsp3) is 0.469. The van der Waals surface area contributed by atoms with Gasteiger partial charge in [-0.1, -0.05) is 23.2 Å². The van der Waals surface area contributed by atoms with Gasteiger partial charge in [0, 0.05) is 60.9 Å². The maximum atomic E-state index is 10.9. The highest BCUT2D eigenvalue weighted by Gasteiger charge is 2.21. The Morgan fingerprint density at radius 3 is 2.40 bits per heavy atom. The number of carboxylic acids is 1. The molecule has 8 nitrogen and oxygen atoms in total. The second-order valence-corrected chi connectivity index (χ2v) is 13.1. The molecule has 2 aliphatic rings. The van der Waals surface area contributed by atoms with Gasteiger partial charge >= 0.3 is 5.97 Å². The van der Waals surface area contributed by atoms with Crippen molar-refractivity contribution >= 4 is 46.8 Å². The number of hydrogen-bond acceptors (Lipinski definition) is 8. The number of piperidine rings is 1. The molecule has 0 spiro atoms. The minimum Gasteiger partial charge on any atom is -0.481 e. The minimum atomic E-state index is -0.759. The number of anilines is 1. The minimum absolute atomic E-state index is 0.169. The van der Waals surface area contributed by atoms with E-state index in [1.807, 2.05) is 42.1 Å². The Morgan fingerprint density at radius 2 is 1.74 bits per heavy atom. The van der Waals surface area contributed by atoms with Gasteiger partial charge in [0.15, 0.2) is 0 Å². The number of aromatic nitrogens is 2. The van der Waals surface area contributed by atoms with Crippen LogP contribution in [-0.2, 0) is 11.3 Å². The van der Waals surface area contributed by atoms with Crippen LogP contribution in [0, 0.1) is 5.92 Å². The first-order valence-corrected chi connectivity index (χ1v) is 17.0. The lowest BCUT2D eigenvalue weighted by molar-refractivity contribution is -0.137. The summed E-state index contributed by atoms with van der Waals surface area (Å²) in [5.41, 5.74) is 2.73. The Bertz CT molecular complexity index is 1340. The number of piperazine rings is 1. The Kier molecular flexibility index (Phi) is 11.4. The van der Waals surface area contributed by atoms with Crippen LogP contribution in [0.25, 0.3) is 11.3 Å². The summed E-state index contributed by atoms with van der Waals surface area (Å²) >= 11 is 14.6. The van der Waals surface area contributed by atoms with Crippen LogP contribution in [0.15, 0.2) is 48.7 Å². The Hall–Kier alpha value is -2.56. The van der Waals surface area contributed by atoms with Gasteiger partial charge in [0.2, 0.25) is 5.88 Å². The van der Waals surface area contributed by atoms with Gasteiger partial charge in [-0.05, 0) is 92.2 Å². The van der Waals surface area contributed by atoms with E-state index in [2.05, 4.69) is 32.0 Å². The average molecular weight is 645 g/mol. The first kappa shape index (κ1) is 31.9. The van der Waals surface area contributed by atoms with Crippen molar-refractivity contribution in [1.82, 2.24) is 19.8 Å². The molecule has 0 radical (unpaired) electrons. The maximum absolute atomic E-state index is 10.9. The quantitative estimate of drug-likeness (QED) is 0.229. The summed E-state index contributed by atoms with van der Waals surface area (Å²) in [6.45, 7) is 6.82. The smallest absolute Gasteiger partial charge is 0.304 e. The highest BCUT2D eigenvalue weighted by molar-refractivity contribution is 7.98. The molecule has 2 saturated heterocycles. The monoisotopic (exact) mass is 643 g/mol. The van der Waals surface area contributed by atoms with Crippen molar-refractivity contribution in [3.8, 4) is 22.9 Å². The van der Waals surface area contributed by atoms with E-state index in [-0.39, 0.29) is 6.42 Å². The Balaban J connectivity index is 1.28. The van der Waals surface area contributed by atoms with E-state index in [4.69, 9.17) is 38.0 Å². The van der Waals surface area contributed by atoms with Crippen LogP contribution in [0.1, 0.15) is 31.2 Å². The molecule has 0 amide bonds. The van der Waals surface area contributed by atoms with Crippen LogP contribution < -0.4 is 9.64 Å². The first-order chi connectivity index (χ1) is 20.8. The topological polar surface area (TPSA) is 82.0 Å². The molecule has 2 aromatic heterocycles. The van der Waals surface area contributed by atoms with E-state index in [1.54, 1.807) is 12.3 Å². The largest absolute Gasteiger partial charge is 0.481 e. The summed E-state index contributed by atoms with van der Waals surface area (Å²) in [5, 5.41) is 10.1. The predicted octanol–water partition coefficient (Wildman–Crippen LogP) is 6.80. The number of benzene rings is 1. The normalized spacial score (nSPS) is 16.9. The van der Waals surface area contributed by atoms with E-state index in [0.29, 0.717) is 28.2 Å². The van der Waals surface area contributed by atoms with Crippen LogP contribution in [-0.4, -0.2) is 88.7 Å². The van der Waals surface area contributed by atoms with E-state index in [9.17, 15) is 4.79 Å². The van der Waals surface area contributed by atoms with E-state index in [1.165, 1.54) is 25.0 Å². The standard InChI is InChI=1S/C32H39Cl2N5O3S/c1-43-15-7-23-4-8-38(9-5-23)22-24-16-29(25-18-26(33)20-27(34)19-25)36-31(17-24)42-28-2-3-30(35-21-28)39-13-11-37(12-14-39)10-6-32(40)41/h2-3,16-21,23H,4-15,22H2,1H3,(H,40,41). The fourth-order valence-corrected chi connectivity index (χ4v) is 6.82. The van der Waals surface area contributed by atoms with Crippen molar-refractivity contribution < 1.29 is 14.6 Å². The third-order valence-electron chi connectivity index (χ3n) is 8.14. The lowest BCUT2D eigenvalue weighted by Gasteiger charge is -2.35. The van der Waals surface area contributed by atoms with Crippen molar-refractivity contribution in [2.45, 2.75) is 32.2 Å². The highest BCUT2D eigenvalue weighted by Crippen LogP contribution is 2.31. The number of pyridine rings is 2. The van der Waals surface area contributed by atoms with Gasteiger partial charge < -0.3 is 14.7 Å². The molecule has 1 aromatic carbocycles. The molecule has 11 heteroatoms. The molecule has 5 rings (SSSR count). The molecule has 2 aliphatic heterocycles. The summed E-state index contributed by atoms with van der Waals surface area (Å²) in [4.78, 5) is 27.3. The number of hydrogen-bond donors (Lipinski definition) is 1. The van der Waals surface area contributed by atoms with Crippen LogP contribution in [0.2, 0.25) is 10.0 Å². The Labute approximate surface area is 268 Å². The van der Waals surface area contributed by atoms with Crippen LogP contribution >= 0.6 is 35.0 Å². The number of halogens is 2. The van der Waals surface area contributed by atoms with Crippen molar-refractivity contribution in [3.63, 3.8) is 0 Å². The Morgan fingerprint density at radius 1 is 1.00 bits per heavy atom. The number of thioether (sulfide) groups is 1. The van der Waals surface area contributed by atoms with Crippen LogP contribution in [0.5, 0.6) is 11.6 Å². The molecule has 0 atom stereocenters. The number of rotatable bonds is 12. The third-order valence-corrected chi connectivity index (χ3v) is 9.23. The molecule has 43 heavy (non-hydrogen) atoms. The number of ether oxygens (including phenoxy) is 1. The van der Waals surface area contributed by atoms with Gasteiger partial charge in [0.1, 0.15) is 11.6 Å². The first-order valence-electron chi connectivity index (χ1n) is 14.9. The number of nitrogens with zero attached hydrogens (tertiary/aromatic N) is 5. The third kappa shape index (κ3) is 9.46. The van der Waals surface area contributed by atoms with Gasteiger partial charge in [-0.2, -0.15) is 11.8 Å². The lowest BCUT2D eigenvalue weighted by Crippen LogP contribution is -2.47. The van der Waals surface area contributed by atoms with Gasteiger partial charge in [0.25, 0.3) is 0 Å². The second-order valence-electron chi connectivity index (χ2n) is 11.3. The zero-order chi connectivity index (χ0) is 30.2. The summed E-state index contributed by atoms with van der Waals surface area (Å²) < 4.78 is 6.26. The molecule has 0 aliphatic carbocycles. The molecule has 230 valence electrons. The van der Waals surface area contributed by atoms with Gasteiger partial charge in [-0.3, -0.25) is 14.6 Å². The molecular weight excluding hydrogens is 605 g/mol. The molecule has 3 aromatic rings. The van der Waals surface area contributed by atoms with Gasteiger partial charge in [0.05, 0.1) is 18.3 Å². The number of aliphatic carboxylic acids is 1. The fourth-order valence-electron chi connectivity index (χ4n) is 5.72. The van der Waals surface area contributed by atoms with E-state index < -0.39 is 5.97 Å². The molecule has 0 unspecified atom stereocenters. The maximum Gasteiger partial charge on any atom is 0.304 e. The summed E-state index contributed by atoms with van der Waals surface area (Å²) in [5.74, 6) is 3.29. The highest BCUT2D eigenvalue weighted by atomic mass is 35.5.